The molecule has 0 saturated heterocycles. The Hall–Kier alpha value is -2.75. The molecule has 0 heterocycles. The highest BCUT2D eigenvalue weighted by atomic mass is 16.7. The van der Waals surface area contributed by atoms with Crippen LogP contribution >= 0.6 is 0 Å². The van der Waals surface area contributed by atoms with E-state index >= 15 is 0 Å². The maximum absolute atomic E-state index is 13.0. The fourth-order valence-corrected chi connectivity index (χ4v) is 13.0. The lowest BCUT2D eigenvalue weighted by Crippen LogP contribution is -2.40. The van der Waals surface area contributed by atoms with Gasteiger partial charge in [-0.2, -0.15) is 0 Å². The van der Waals surface area contributed by atoms with Crippen LogP contribution in [0, 0.1) is 0 Å². The predicted molar refractivity (Wildman–Crippen MR) is 420 cm³/mol. The highest BCUT2D eigenvalue weighted by molar-refractivity contribution is 5.71. The second-order valence-corrected chi connectivity index (χ2v) is 30.5. The van der Waals surface area contributed by atoms with Crippen LogP contribution in [0.5, 0.6) is 0 Å². The van der Waals surface area contributed by atoms with Crippen molar-refractivity contribution in [3.05, 3.63) is 48.6 Å². The predicted octanol–water partition coefficient (Wildman–Crippen LogP) is 27.6. The maximum atomic E-state index is 13.0. The average Bonchev–Trinajstić information content (AvgIpc) is 2.59. The standard InChI is InChI=1S/C88H165NO8/c1-6-8-10-12-14-16-18-20-22-24-26-28-30-32-34-36-38-40-41-42-43-44-45-47-48-50-52-54-56-58-60-62-64-66-68-70-72-74-76-78-85(90)95-82-84(83-96-88(87(92)93)94-81-80-89(3,4)5)97-86(91)79-77-75-73-71-69-67-65-63-61-59-57-55-53-51-49-46-39-37-35-33-31-29-27-25-23-21-19-17-15-13-11-9-7-2/h19,21,24-27,31,33,84,88H,6-18,20,22-23,28-30,32,34-83H2,1-5H3/p+1/b21-19-,26-24-,27-25-,33-31-. The number of nitrogens with zero attached hydrogens (tertiary/aromatic N) is 1. The van der Waals surface area contributed by atoms with Gasteiger partial charge in [0.25, 0.3) is 6.29 Å². The molecule has 0 amide bonds. The van der Waals surface area contributed by atoms with Gasteiger partial charge in [0.05, 0.1) is 34.4 Å². The quantitative estimate of drug-likeness (QED) is 0.0211. The first-order valence-corrected chi connectivity index (χ1v) is 42.8. The summed E-state index contributed by atoms with van der Waals surface area (Å²) in [6.45, 7) is 4.94. The minimum Gasteiger partial charge on any atom is -0.477 e. The van der Waals surface area contributed by atoms with Crippen molar-refractivity contribution in [3.8, 4) is 0 Å². The summed E-state index contributed by atoms with van der Waals surface area (Å²) in [5.74, 6) is -1.97. The molecule has 0 aliphatic carbocycles. The molecule has 0 aromatic carbocycles. The molecular weight excluding hydrogens is 1200 g/mol. The smallest absolute Gasteiger partial charge is 0.361 e. The molecule has 0 rings (SSSR count). The number of quaternary nitrogens is 1. The first-order chi connectivity index (χ1) is 47.6. The number of ether oxygens (including phenoxy) is 4. The van der Waals surface area contributed by atoms with Gasteiger partial charge in [-0.3, -0.25) is 9.59 Å². The third-order valence-electron chi connectivity index (χ3n) is 19.6. The summed E-state index contributed by atoms with van der Waals surface area (Å²) < 4.78 is 23.1. The molecule has 2 unspecified atom stereocenters. The van der Waals surface area contributed by atoms with Gasteiger partial charge in [0.2, 0.25) is 0 Å². The first kappa shape index (κ1) is 94.2. The summed E-state index contributed by atoms with van der Waals surface area (Å²) in [6.07, 6.45) is 102. The number of carbonyl (C=O) groups excluding carboxylic acids is 2. The van der Waals surface area contributed by atoms with E-state index in [1.54, 1.807) is 0 Å². The summed E-state index contributed by atoms with van der Waals surface area (Å²) >= 11 is 0. The number of esters is 2. The van der Waals surface area contributed by atoms with Gasteiger partial charge in [-0.15, -0.1) is 0 Å². The van der Waals surface area contributed by atoms with Gasteiger partial charge in [-0.25, -0.2) is 4.79 Å². The normalized spacial score (nSPS) is 12.8. The molecule has 0 aromatic rings. The van der Waals surface area contributed by atoms with Crippen LogP contribution in [0.1, 0.15) is 438 Å². The summed E-state index contributed by atoms with van der Waals surface area (Å²) in [5.41, 5.74) is 0. The van der Waals surface area contributed by atoms with E-state index in [0.717, 1.165) is 51.4 Å². The van der Waals surface area contributed by atoms with Gasteiger partial charge < -0.3 is 28.5 Å². The van der Waals surface area contributed by atoms with Crippen LogP contribution in [-0.2, 0) is 33.3 Å². The maximum Gasteiger partial charge on any atom is 0.361 e. The zero-order chi connectivity index (χ0) is 70.4. The number of allylic oxidation sites excluding steroid dienone is 8. The SMILES string of the molecule is CCCCCCC/C=C\C/C=C\C/C=C\CCCCCCCCCCCCCCCCCCCCC(=O)OC(COC(=O)CCCCCCCCCCCCCCCCCCCCCCCCCCCCC/C=C\CCCCCCCCCC)COC(OCC[N+](C)(C)C)C(=O)O. The molecule has 0 spiro atoms. The van der Waals surface area contributed by atoms with E-state index in [1.165, 1.54) is 360 Å². The lowest BCUT2D eigenvalue weighted by molar-refractivity contribution is -0.870. The Balaban J connectivity index is 3.93. The largest absolute Gasteiger partial charge is 0.477 e. The fraction of sp³-hybridized carbons (Fsp3) is 0.875. The number of hydrogen-bond donors (Lipinski definition) is 1. The Labute approximate surface area is 603 Å². The molecule has 9 nitrogen and oxygen atoms in total. The Bertz CT molecular complexity index is 1730. The van der Waals surface area contributed by atoms with Crippen molar-refractivity contribution >= 4 is 17.9 Å². The third-order valence-corrected chi connectivity index (χ3v) is 19.6. The summed E-state index contributed by atoms with van der Waals surface area (Å²) in [4.78, 5) is 37.8. The van der Waals surface area contributed by atoms with Crippen molar-refractivity contribution in [2.75, 3.05) is 47.5 Å². The van der Waals surface area contributed by atoms with Gasteiger partial charge >= 0.3 is 17.9 Å². The van der Waals surface area contributed by atoms with Crippen molar-refractivity contribution in [1.29, 1.82) is 0 Å². The minimum absolute atomic E-state index is 0.176. The molecule has 97 heavy (non-hydrogen) atoms. The molecule has 1 N–H and O–H groups in total. The summed E-state index contributed by atoms with van der Waals surface area (Å²) in [5, 5.41) is 9.78. The molecule has 0 bridgehead atoms. The fourth-order valence-electron chi connectivity index (χ4n) is 13.0. The topological polar surface area (TPSA) is 108 Å². The van der Waals surface area contributed by atoms with E-state index in [9.17, 15) is 19.5 Å². The van der Waals surface area contributed by atoms with E-state index in [4.69, 9.17) is 18.9 Å². The number of unbranched alkanes of at least 4 members (excludes halogenated alkanes) is 58. The van der Waals surface area contributed by atoms with Gasteiger partial charge in [0.1, 0.15) is 13.2 Å². The highest BCUT2D eigenvalue weighted by Crippen LogP contribution is 2.20. The number of rotatable bonds is 81. The molecule has 0 aliphatic rings. The highest BCUT2D eigenvalue weighted by Gasteiger charge is 2.25. The molecule has 570 valence electrons. The van der Waals surface area contributed by atoms with E-state index in [0.29, 0.717) is 17.4 Å². The zero-order valence-corrected chi connectivity index (χ0v) is 65.5. The summed E-state index contributed by atoms with van der Waals surface area (Å²) in [6, 6.07) is 0. The monoisotopic (exact) mass is 1370 g/mol. The molecule has 0 fully saturated rings. The van der Waals surface area contributed by atoms with Crippen molar-refractivity contribution < 1.29 is 42.9 Å². The lowest BCUT2D eigenvalue weighted by atomic mass is 10.0. The van der Waals surface area contributed by atoms with Crippen LogP contribution in [0.2, 0.25) is 0 Å². The third kappa shape index (κ3) is 80.4. The van der Waals surface area contributed by atoms with Gasteiger partial charge in [0.15, 0.2) is 6.10 Å². The Morgan fingerprint density at radius 3 is 0.835 bits per heavy atom. The molecular formula is C88H166NO8+. The number of hydrogen-bond acceptors (Lipinski definition) is 7. The van der Waals surface area contributed by atoms with Gasteiger partial charge in [-0.05, 0) is 77.0 Å². The van der Waals surface area contributed by atoms with E-state index in [-0.39, 0.29) is 38.2 Å². The lowest BCUT2D eigenvalue weighted by Gasteiger charge is -2.25. The second kappa shape index (κ2) is 79.0. The Morgan fingerprint density at radius 1 is 0.309 bits per heavy atom. The van der Waals surface area contributed by atoms with Crippen LogP contribution in [0.15, 0.2) is 48.6 Å². The van der Waals surface area contributed by atoms with Crippen LogP contribution in [-0.4, -0.2) is 87.4 Å². The number of carboxylic acids is 1. The number of aliphatic carboxylic acids is 1. The Morgan fingerprint density at radius 2 is 0.557 bits per heavy atom. The molecule has 0 aromatic heterocycles. The molecule has 2 atom stereocenters. The molecule has 0 radical (unpaired) electrons. The van der Waals surface area contributed by atoms with Gasteiger partial charge in [-0.1, -0.05) is 396 Å². The van der Waals surface area contributed by atoms with Crippen molar-refractivity contribution in [2.24, 2.45) is 0 Å². The number of carboxylic acid groups (broad SMARTS) is 1. The average molecular weight is 1370 g/mol. The molecule has 0 aliphatic heterocycles. The van der Waals surface area contributed by atoms with E-state index < -0.39 is 18.4 Å². The number of likely N-dealkylation sites (N-methyl/N-ethyl adjacent to an activating group) is 1. The van der Waals surface area contributed by atoms with E-state index in [2.05, 4.69) is 62.5 Å². The molecule has 0 saturated carbocycles. The van der Waals surface area contributed by atoms with Crippen LogP contribution in [0.3, 0.4) is 0 Å². The second-order valence-electron chi connectivity index (χ2n) is 30.5. The minimum atomic E-state index is -1.51. The van der Waals surface area contributed by atoms with Crippen LogP contribution in [0.25, 0.3) is 0 Å². The van der Waals surface area contributed by atoms with Gasteiger partial charge in [0, 0.05) is 12.8 Å². The van der Waals surface area contributed by atoms with Crippen molar-refractivity contribution in [3.63, 3.8) is 0 Å². The molecule has 9 heteroatoms. The van der Waals surface area contributed by atoms with Crippen LogP contribution < -0.4 is 0 Å². The van der Waals surface area contributed by atoms with Crippen molar-refractivity contribution in [1.82, 2.24) is 0 Å². The number of carbonyl (C=O) groups is 3. The zero-order valence-electron chi connectivity index (χ0n) is 65.5. The first-order valence-electron chi connectivity index (χ1n) is 42.8. The van der Waals surface area contributed by atoms with Crippen LogP contribution in [0.4, 0.5) is 0 Å². The van der Waals surface area contributed by atoms with E-state index in [1.807, 2.05) is 21.1 Å². The summed E-state index contributed by atoms with van der Waals surface area (Å²) in [7, 11) is 6.00. The van der Waals surface area contributed by atoms with Crippen molar-refractivity contribution in [2.45, 2.75) is 450 Å². The Kier molecular flexibility index (Phi) is 76.7.